The second kappa shape index (κ2) is 4.99. The largest absolute Gasteiger partial charge is 0.330 e. The zero-order valence-electron chi connectivity index (χ0n) is 9.35. The molecule has 0 radical (unpaired) electrons. The van der Waals surface area contributed by atoms with E-state index in [1.165, 1.54) is 23.3 Å². The van der Waals surface area contributed by atoms with Crippen LogP contribution < -0.4 is 0 Å². The molecule has 6 nitrogen and oxygen atoms in total. The van der Waals surface area contributed by atoms with Crippen LogP contribution in [0.3, 0.4) is 0 Å². The Labute approximate surface area is 94.5 Å². The third kappa shape index (κ3) is 3.41. The Balaban J connectivity index is 3.05. The van der Waals surface area contributed by atoms with E-state index < -0.39 is 23.7 Å². The van der Waals surface area contributed by atoms with E-state index in [0.717, 1.165) is 0 Å². The molecule has 0 N–H and O–H groups in total. The number of hydrogen-bond acceptors (Lipinski definition) is 4. The van der Waals surface area contributed by atoms with Crippen LogP contribution in [-0.4, -0.2) is 43.4 Å². The summed E-state index contributed by atoms with van der Waals surface area (Å²) >= 11 is 0. The van der Waals surface area contributed by atoms with Crippen molar-refractivity contribution in [3.63, 3.8) is 0 Å². The quantitative estimate of drug-likeness (QED) is 0.680. The predicted molar refractivity (Wildman–Crippen MR) is 65.8 cm³/mol. The summed E-state index contributed by atoms with van der Waals surface area (Å²) < 4.78 is 38.6. The van der Waals surface area contributed by atoms with Gasteiger partial charge in [-0.15, -0.1) is 0 Å². The van der Waals surface area contributed by atoms with Crippen LogP contribution in [0, 0.1) is 0 Å². The van der Waals surface area contributed by atoms with Crippen LogP contribution in [0.4, 0.5) is 13.2 Å². The van der Waals surface area contributed by atoms with Crippen LogP contribution in [0.15, 0.2) is 13.5 Å². The highest BCUT2D eigenvalue weighted by atomic mass is 31.2. The second-order valence-corrected chi connectivity index (χ2v) is 9.35. The van der Waals surface area contributed by atoms with Gasteiger partial charge in [0.05, 0.1) is 0 Å². The van der Waals surface area contributed by atoms with Crippen LogP contribution in [0.2, 0.25) is 0 Å². The van der Waals surface area contributed by atoms with Crippen LogP contribution in [0.5, 0.6) is 0 Å². The van der Waals surface area contributed by atoms with Crippen LogP contribution >= 0.6 is 23.7 Å². The summed E-state index contributed by atoms with van der Waals surface area (Å²) in [6.45, 7) is 1.17. The van der Waals surface area contributed by atoms with Gasteiger partial charge in [-0.3, -0.25) is 4.67 Å². The van der Waals surface area contributed by atoms with Crippen molar-refractivity contribution in [2.75, 3.05) is 27.8 Å². The zero-order chi connectivity index (χ0) is 12.5. The van der Waals surface area contributed by atoms with E-state index in [2.05, 4.69) is 13.5 Å². The number of halogens is 2. The van der Waals surface area contributed by atoms with E-state index >= 15 is 0 Å². The fourth-order valence-electron chi connectivity index (χ4n) is 0.991. The van der Waals surface area contributed by atoms with E-state index in [-0.39, 0.29) is 6.03 Å². The van der Waals surface area contributed by atoms with E-state index in [0.29, 0.717) is 0 Å². The maximum atomic E-state index is 13.6. The van der Waals surface area contributed by atoms with Gasteiger partial charge >= 0.3 is 6.03 Å². The van der Waals surface area contributed by atoms with Gasteiger partial charge in [0.15, 0.2) is 8.01 Å². The summed E-state index contributed by atoms with van der Waals surface area (Å²) in [6.07, 6.45) is 0. The van der Waals surface area contributed by atoms with Crippen molar-refractivity contribution in [3.8, 4) is 0 Å². The Bertz CT molecular complexity index is 428. The second-order valence-electron chi connectivity index (χ2n) is 3.43. The lowest BCUT2D eigenvalue weighted by Gasteiger charge is -2.24. The molecule has 0 spiro atoms. The molecule has 1 rings (SSSR count). The highest BCUT2D eigenvalue weighted by molar-refractivity contribution is 7.73. The van der Waals surface area contributed by atoms with Gasteiger partial charge in [0.1, 0.15) is 0 Å². The summed E-state index contributed by atoms with van der Waals surface area (Å²) in [5.74, 6) is 0. The molecule has 0 saturated heterocycles. The molecule has 0 saturated carbocycles. The lowest BCUT2D eigenvalue weighted by molar-refractivity contribution is 0.204. The van der Waals surface area contributed by atoms with Crippen molar-refractivity contribution >= 4 is 29.7 Å². The monoisotopic (exact) mass is 291 g/mol. The minimum atomic E-state index is -3.41. The summed E-state index contributed by atoms with van der Waals surface area (Å²) in [5, 5.41) is 0. The molecule has 3 atom stereocenters. The van der Waals surface area contributed by atoms with Gasteiger partial charge in [0, 0.05) is 27.8 Å². The molecule has 0 aliphatic carbocycles. The fourth-order valence-corrected chi connectivity index (χ4v) is 7.41. The van der Waals surface area contributed by atoms with E-state index in [9.17, 15) is 13.2 Å². The average Bonchev–Trinajstić information content (AvgIpc) is 2.12. The Kier molecular flexibility index (Phi) is 4.33. The maximum Gasteiger partial charge on any atom is 0.324 e. The van der Waals surface area contributed by atoms with Crippen molar-refractivity contribution in [3.05, 3.63) is 0 Å². The first-order valence-corrected chi connectivity index (χ1v) is 8.96. The molecule has 0 bridgehead atoms. The number of hydrogen-bond donors (Lipinski definition) is 0. The first kappa shape index (κ1) is 13.9. The lowest BCUT2D eigenvalue weighted by atomic mass is 10.8. The number of amides is 2. The summed E-state index contributed by atoms with van der Waals surface area (Å²) in [4.78, 5) is 12.9. The minimum Gasteiger partial charge on any atom is -0.330 e. The molecule has 1 aliphatic rings. The number of carbonyl (C=O) groups excluding carboxylic acids is 1. The molecule has 0 aromatic heterocycles. The first-order valence-electron chi connectivity index (χ1n) is 4.32. The SMILES string of the molecule is CN(C)C(=O)N(C)[PH]1=N[PH](F)=NP(C)(F)=N1. The number of carbonyl (C=O) groups is 1. The van der Waals surface area contributed by atoms with Gasteiger partial charge in [-0.1, -0.05) is 0 Å². The van der Waals surface area contributed by atoms with Crippen molar-refractivity contribution < 1.29 is 13.2 Å². The minimum absolute atomic E-state index is 0.363. The predicted octanol–water partition coefficient (Wildman–Crippen LogP) is 3.67. The van der Waals surface area contributed by atoms with Gasteiger partial charge in [0.25, 0.3) is 0 Å². The lowest BCUT2D eigenvalue weighted by Crippen LogP contribution is -2.31. The average molecular weight is 291 g/mol. The summed E-state index contributed by atoms with van der Waals surface area (Å²) in [6, 6.07) is -0.363. The van der Waals surface area contributed by atoms with Gasteiger partial charge in [-0.05, 0) is 0 Å². The smallest absolute Gasteiger partial charge is 0.324 e. The Morgan fingerprint density at radius 3 is 2.38 bits per heavy atom. The van der Waals surface area contributed by atoms with Gasteiger partial charge in [-0.25, -0.2) is 4.79 Å². The molecule has 11 heteroatoms. The molecule has 0 aromatic rings. The van der Waals surface area contributed by atoms with Gasteiger partial charge in [0.2, 0.25) is 15.7 Å². The van der Waals surface area contributed by atoms with Gasteiger partial charge in [-0.2, -0.15) is 21.9 Å². The highest BCUT2D eigenvalue weighted by Gasteiger charge is 2.22. The Morgan fingerprint density at radius 1 is 1.38 bits per heavy atom. The fraction of sp³-hybridized carbons (Fsp3) is 0.800. The zero-order valence-corrected chi connectivity index (χ0v) is 12.2. The summed E-state index contributed by atoms with van der Waals surface area (Å²) in [5.41, 5.74) is 0. The third-order valence-corrected chi connectivity index (χ3v) is 8.32. The molecule has 16 heavy (non-hydrogen) atoms. The first-order chi connectivity index (χ1) is 7.23. The molecule has 3 unspecified atom stereocenters. The van der Waals surface area contributed by atoms with Gasteiger partial charge < -0.3 is 4.90 Å². The number of nitrogens with zero attached hydrogens (tertiary/aromatic N) is 5. The normalized spacial score (nSPS) is 33.1. The van der Waals surface area contributed by atoms with E-state index in [1.807, 2.05) is 0 Å². The van der Waals surface area contributed by atoms with E-state index in [1.54, 1.807) is 14.1 Å². The van der Waals surface area contributed by atoms with Crippen LogP contribution in [-0.2, 0) is 0 Å². The van der Waals surface area contributed by atoms with Crippen LogP contribution in [0.1, 0.15) is 0 Å². The molecule has 1 heterocycles. The number of rotatable bonds is 1. The van der Waals surface area contributed by atoms with Crippen molar-refractivity contribution in [2.24, 2.45) is 13.5 Å². The van der Waals surface area contributed by atoms with Crippen molar-refractivity contribution in [2.45, 2.75) is 0 Å². The van der Waals surface area contributed by atoms with Crippen LogP contribution in [0.25, 0.3) is 0 Å². The van der Waals surface area contributed by atoms with Crippen molar-refractivity contribution in [1.29, 1.82) is 0 Å². The molecule has 94 valence electrons. The van der Waals surface area contributed by atoms with E-state index in [4.69, 9.17) is 0 Å². The molecule has 1 aliphatic heterocycles. The molecule has 2 amide bonds. The Hall–Kier alpha value is -0.180. The molecule has 0 fully saturated rings. The Morgan fingerprint density at radius 2 is 1.94 bits per heavy atom. The maximum absolute atomic E-state index is 13.6. The summed E-state index contributed by atoms with van der Waals surface area (Å²) in [7, 11) is -3.92. The number of urea groups is 1. The standard InChI is InChI=1S/C5H14F2N5OP3/c1-11(2)5(13)12(3)15-8-14(6)9-16(4,7)10-15/h14-15H,1-4H3. The molecular formula is C5H14F2N5OP3. The molecular weight excluding hydrogens is 277 g/mol. The topological polar surface area (TPSA) is 60.6 Å². The highest BCUT2D eigenvalue weighted by Crippen LogP contribution is 2.65. The third-order valence-electron chi connectivity index (χ3n) is 1.70. The van der Waals surface area contributed by atoms with Crippen molar-refractivity contribution in [1.82, 2.24) is 9.57 Å². The molecule has 0 aromatic carbocycles.